The highest BCUT2D eigenvalue weighted by Gasteiger charge is 2.08. The van der Waals surface area contributed by atoms with Crippen LogP contribution in [0.2, 0.25) is 0 Å². The van der Waals surface area contributed by atoms with Gasteiger partial charge in [0.15, 0.2) is 10.1 Å². The van der Waals surface area contributed by atoms with Crippen molar-refractivity contribution in [3.8, 4) is 0 Å². The Morgan fingerprint density at radius 1 is 1.35 bits per heavy atom. The van der Waals surface area contributed by atoms with E-state index < -0.39 is 0 Å². The number of Topliss-reactive ketones (excluding diaryl/α,β-unsaturated/α-hetero) is 1. The van der Waals surface area contributed by atoms with Gasteiger partial charge in [-0.15, -0.1) is 10.2 Å². The van der Waals surface area contributed by atoms with Crippen LogP contribution in [-0.4, -0.2) is 28.3 Å². The van der Waals surface area contributed by atoms with Gasteiger partial charge in [-0.05, 0) is 30.7 Å². The normalized spacial score (nSPS) is 10.5. The van der Waals surface area contributed by atoms with Gasteiger partial charge in [-0.2, -0.15) is 0 Å². The third-order valence-electron chi connectivity index (χ3n) is 2.40. The number of hydrogen-bond donors (Lipinski definition) is 1. The van der Waals surface area contributed by atoms with Gasteiger partial charge in [-0.25, -0.2) is 4.39 Å². The fourth-order valence-electron chi connectivity index (χ4n) is 1.42. The minimum absolute atomic E-state index is 0.108. The predicted molar refractivity (Wildman–Crippen MR) is 80.1 cm³/mol. The van der Waals surface area contributed by atoms with Crippen LogP contribution in [0.15, 0.2) is 28.6 Å². The average Bonchev–Trinajstić information content (AvgIpc) is 2.91. The largest absolute Gasteiger partial charge is 0.353 e. The Kier molecular flexibility index (Phi) is 5.49. The Morgan fingerprint density at radius 2 is 2.10 bits per heavy atom. The summed E-state index contributed by atoms with van der Waals surface area (Å²) in [5.74, 6) is 0.544. The molecule has 0 fully saturated rings. The van der Waals surface area contributed by atoms with E-state index in [-0.39, 0.29) is 18.1 Å². The fourth-order valence-corrected chi connectivity index (χ4v) is 3.10. The number of thioether (sulfide) groups is 1. The van der Waals surface area contributed by atoms with Gasteiger partial charge in [0.05, 0.1) is 6.54 Å². The Labute approximate surface area is 124 Å². The Hall–Kier alpha value is -1.47. The summed E-state index contributed by atoms with van der Waals surface area (Å²) in [5, 5.41) is 11.6. The lowest BCUT2D eigenvalue weighted by molar-refractivity contribution is 0.101. The third-order valence-corrected chi connectivity index (χ3v) is 4.62. The van der Waals surface area contributed by atoms with Crippen molar-refractivity contribution in [1.82, 2.24) is 10.2 Å². The molecule has 1 aromatic carbocycles. The molecule has 1 heterocycles. The number of nitrogens with one attached hydrogen (secondary N) is 1. The first-order valence-electron chi connectivity index (χ1n) is 6.18. The fraction of sp³-hybridized carbons (Fsp3) is 0.308. The highest BCUT2D eigenvalue weighted by atomic mass is 32.2. The number of carbonyl (C=O) groups excluding carboxylic acids is 1. The molecule has 0 radical (unpaired) electrons. The molecule has 0 bridgehead atoms. The smallest absolute Gasteiger partial charge is 0.206 e. The molecule has 106 valence electrons. The Balaban J connectivity index is 1.86. The van der Waals surface area contributed by atoms with Crippen LogP contribution in [0.1, 0.15) is 23.7 Å². The zero-order valence-corrected chi connectivity index (χ0v) is 12.6. The molecule has 0 saturated carbocycles. The maximum atomic E-state index is 12.8. The first kappa shape index (κ1) is 14.9. The lowest BCUT2D eigenvalue weighted by Crippen LogP contribution is -2.13. The molecule has 0 spiro atoms. The molecule has 0 saturated heterocycles. The summed E-state index contributed by atoms with van der Waals surface area (Å²) in [6.45, 7) is 2.23. The molecule has 1 N–H and O–H groups in total. The molecule has 0 atom stereocenters. The van der Waals surface area contributed by atoms with Gasteiger partial charge in [0.25, 0.3) is 0 Å². The van der Waals surface area contributed by atoms with Crippen LogP contribution in [0.25, 0.3) is 0 Å². The van der Waals surface area contributed by atoms with Crippen molar-refractivity contribution in [2.45, 2.75) is 17.7 Å². The molecule has 2 rings (SSSR count). The molecule has 7 heteroatoms. The highest BCUT2D eigenvalue weighted by Crippen LogP contribution is 2.25. The average molecular weight is 311 g/mol. The second-order valence-corrected chi connectivity index (χ2v) is 6.32. The molecule has 0 amide bonds. The van der Waals surface area contributed by atoms with Crippen LogP contribution >= 0.6 is 23.1 Å². The number of carbonyl (C=O) groups is 1. The van der Waals surface area contributed by atoms with Crippen molar-refractivity contribution in [3.05, 3.63) is 35.6 Å². The van der Waals surface area contributed by atoms with Crippen molar-refractivity contribution in [2.75, 3.05) is 17.6 Å². The number of nitrogens with zero attached hydrogens (tertiary/aromatic N) is 2. The summed E-state index contributed by atoms with van der Waals surface area (Å²) < 4.78 is 13.7. The molecule has 0 aliphatic carbocycles. The summed E-state index contributed by atoms with van der Waals surface area (Å²) in [6, 6.07) is 5.50. The second-order valence-electron chi connectivity index (χ2n) is 4.01. The standard InChI is InChI=1S/C13H14FN3OS2/c1-2-7-19-13-17-16-12(20-13)15-8-11(18)9-3-5-10(14)6-4-9/h3-6H,2,7-8H2,1H3,(H,15,16). The maximum absolute atomic E-state index is 12.8. The van der Waals surface area contributed by atoms with E-state index in [0.29, 0.717) is 10.7 Å². The van der Waals surface area contributed by atoms with E-state index in [0.717, 1.165) is 16.5 Å². The zero-order chi connectivity index (χ0) is 14.4. The number of ketones is 1. The van der Waals surface area contributed by atoms with Crippen LogP contribution < -0.4 is 5.32 Å². The van der Waals surface area contributed by atoms with Crippen LogP contribution in [0.5, 0.6) is 0 Å². The van der Waals surface area contributed by atoms with E-state index in [9.17, 15) is 9.18 Å². The predicted octanol–water partition coefficient (Wildman–Crippen LogP) is 3.47. The van der Waals surface area contributed by atoms with E-state index in [1.165, 1.54) is 35.6 Å². The topological polar surface area (TPSA) is 54.9 Å². The van der Waals surface area contributed by atoms with Crippen LogP contribution in [0.3, 0.4) is 0 Å². The van der Waals surface area contributed by atoms with Crippen molar-refractivity contribution in [2.24, 2.45) is 0 Å². The molecular weight excluding hydrogens is 297 g/mol. The quantitative estimate of drug-likeness (QED) is 0.627. The van der Waals surface area contributed by atoms with Crippen molar-refractivity contribution >= 4 is 34.0 Å². The lowest BCUT2D eigenvalue weighted by atomic mass is 10.1. The molecule has 0 aliphatic rings. The first-order valence-corrected chi connectivity index (χ1v) is 7.98. The van der Waals surface area contributed by atoms with E-state index >= 15 is 0 Å². The van der Waals surface area contributed by atoms with E-state index in [2.05, 4.69) is 22.4 Å². The van der Waals surface area contributed by atoms with Gasteiger partial charge < -0.3 is 5.32 Å². The van der Waals surface area contributed by atoms with Crippen molar-refractivity contribution < 1.29 is 9.18 Å². The molecule has 4 nitrogen and oxygen atoms in total. The summed E-state index contributed by atoms with van der Waals surface area (Å²) in [7, 11) is 0. The van der Waals surface area contributed by atoms with Gasteiger partial charge in [-0.3, -0.25) is 4.79 Å². The molecule has 20 heavy (non-hydrogen) atoms. The Bertz CT molecular complexity index is 571. The van der Waals surface area contributed by atoms with Crippen LogP contribution in [0, 0.1) is 5.82 Å². The number of rotatable bonds is 7. The van der Waals surface area contributed by atoms with Crippen molar-refractivity contribution in [3.63, 3.8) is 0 Å². The number of benzene rings is 1. The number of hydrogen-bond acceptors (Lipinski definition) is 6. The van der Waals surface area contributed by atoms with Crippen LogP contribution in [-0.2, 0) is 0 Å². The molecule has 0 unspecified atom stereocenters. The van der Waals surface area contributed by atoms with E-state index in [1.807, 2.05) is 0 Å². The molecule has 2 aromatic rings. The van der Waals surface area contributed by atoms with Gasteiger partial charge in [0, 0.05) is 11.3 Å². The summed E-state index contributed by atoms with van der Waals surface area (Å²) in [6.07, 6.45) is 1.08. The van der Waals surface area contributed by atoms with E-state index in [4.69, 9.17) is 0 Å². The van der Waals surface area contributed by atoms with Gasteiger partial charge in [0.2, 0.25) is 5.13 Å². The van der Waals surface area contributed by atoms with Crippen LogP contribution in [0.4, 0.5) is 9.52 Å². The SMILES string of the molecule is CCCSc1nnc(NCC(=O)c2ccc(F)cc2)s1. The summed E-state index contributed by atoms with van der Waals surface area (Å²) in [5.41, 5.74) is 0.476. The number of anilines is 1. The third kappa shape index (κ3) is 4.28. The van der Waals surface area contributed by atoms with Gasteiger partial charge in [-0.1, -0.05) is 30.0 Å². The minimum Gasteiger partial charge on any atom is -0.353 e. The van der Waals surface area contributed by atoms with E-state index in [1.54, 1.807) is 11.8 Å². The van der Waals surface area contributed by atoms with Gasteiger partial charge >= 0.3 is 0 Å². The molecule has 0 aliphatic heterocycles. The zero-order valence-electron chi connectivity index (χ0n) is 10.9. The number of aromatic nitrogens is 2. The summed E-state index contributed by atoms with van der Waals surface area (Å²) in [4.78, 5) is 11.9. The minimum atomic E-state index is -0.351. The lowest BCUT2D eigenvalue weighted by Gasteiger charge is -2.01. The highest BCUT2D eigenvalue weighted by molar-refractivity contribution is 8.01. The second kappa shape index (κ2) is 7.35. The monoisotopic (exact) mass is 311 g/mol. The first-order chi connectivity index (χ1) is 9.69. The maximum Gasteiger partial charge on any atom is 0.206 e. The van der Waals surface area contributed by atoms with Gasteiger partial charge in [0.1, 0.15) is 5.82 Å². The Morgan fingerprint density at radius 3 is 2.80 bits per heavy atom. The molecule has 1 aromatic heterocycles. The van der Waals surface area contributed by atoms with Crippen molar-refractivity contribution in [1.29, 1.82) is 0 Å². The summed E-state index contributed by atoms with van der Waals surface area (Å²) >= 11 is 3.08. The molecular formula is C13H14FN3OS2. The number of halogens is 1.